The first kappa shape index (κ1) is 24.5. The Hall–Kier alpha value is -2.87. The van der Waals surface area contributed by atoms with Gasteiger partial charge in [-0.2, -0.15) is 23.5 Å². The van der Waals surface area contributed by atoms with Crippen molar-refractivity contribution in [3.05, 3.63) is 41.6 Å². The van der Waals surface area contributed by atoms with Crippen LogP contribution in [0.3, 0.4) is 0 Å². The molecule has 3 aliphatic carbocycles. The monoisotopic (exact) mass is 531 g/mol. The fourth-order valence-corrected chi connectivity index (χ4v) is 6.94. The molecule has 196 valence electrons. The van der Waals surface area contributed by atoms with Gasteiger partial charge >= 0.3 is 6.18 Å². The maximum atomic E-state index is 13.7. The summed E-state index contributed by atoms with van der Waals surface area (Å²) in [4.78, 5) is 15.1. The zero-order valence-corrected chi connectivity index (χ0v) is 21.0. The van der Waals surface area contributed by atoms with Crippen LogP contribution in [0.1, 0.15) is 74.6 Å². The first-order chi connectivity index (χ1) is 17.7. The van der Waals surface area contributed by atoms with E-state index in [1.165, 1.54) is 18.2 Å². The summed E-state index contributed by atoms with van der Waals surface area (Å²) in [6, 6.07) is 8.58. The standard InChI is InChI=1S/C26H28F3N5O2S/c27-26(28,29)19-6-1-2-7-22(19)37(36)18-12-21(24(35)31-25(15-30)10-11-25)33(14-18)23-13-20(16-8-9-16)32-34(23)17-4-3-5-17/h1-2,6-7,13,16-18,21H,3-5,8-12,14H2,(H,31,35). The highest BCUT2D eigenvalue weighted by atomic mass is 32.2. The van der Waals surface area contributed by atoms with Crippen LogP contribution in [-0.4, -0.2) is 43.3 Å². The SMILES string of the molecule is N#CC1(NC(=O)C2CC(S(=O)c3ccccc3C(F)(F)F)CN2c2cc(C3CC3)nn2C2CCC2)CC1. The molecule has 0 radical (unpaired) electrons. The molecule has 0 spiro atoms. The molecule has 37 heavy (non-hydrogen) atoms. The Labute approximate surface area is 215 Å². The lowest BCUT2D eigenvalue weighted by Gasteiger charge is -2.32. The van der Waals surface area contributed by atoms with E-state index < -0.39 is 39.4 Å². The zero-order chi connectivity index (χ0) is 25.9. The van der Waals surface area contributed by atoms with Crippen molar-refractivity contribution >= 4 is 22.5 Å². The number of aromatic nitrogens is 2. The van der Waals surface area contributed by atoms with Gasteiger partial charge in [-0.1, -0.05) is 12.1 Å². The molecule has 1 N–H and O–H groups in total. The van der Waals surface area contributed by atoms with Gasteiger partial charge in [0.1, 0.15) is 17.4 Å². The number of hydrogen-bond donors (Lipinski definition) is 1. The van der Waals surface area contributed by atoms with E-state index in [0.717, 1.165) is 49.7 Å². The quantitative estimate of drug-likeness (QED) is 0.571. The van der Waals surface area contributed by atoms with Gasteiger partial charge in [-0.05, 0) is 63.5 Å². The third-order valence-electron chi connectivity index (χ3n) is 8.05. The molecule has 1 aromatic heterocycles. The molecule has 2 heterocycles. The number of amides is 1. The first-order valence-corrected chi connectivity index (χ1v) is 14.1. The van der Waals surface area contributed by atoms with Gasteiger partial charge in [0.05, 0.1) is 44.3 Å². The molecule has 3 unspecified atom stereocenters. The summed E-state index contributed by atoms with van der Waals surface area (Å²) in [5.74, 6) is 0.806. The number of hydrogen-bond acceptors (Lipinski definition) is 5. The molecular formula is C26H28F3N5O2S. The fraction of sp³-hybridized carbons (Fsp3) is 0.577. The number of carbonyl (C=O) groups excluding carboxylic acids is 1. The van der Waals surface area contributed by atoms with Crippen molar-refractivity contribution in [3.63, 3.8) is 0 Å². The lowest BCUT2D eigenvalue weighted by molar-refractivity contribution is -0.139. The normalized spacial score (nSPS) is 25.8. The Morgan fingerprint density at radius 3 is 2.51 bits per heavy atom. The maximum Gasteiger partial charge on any atom is 0.417 e. The highest BCUT2D eigenvalue weighted by Crippen LogP contribution is 2.45. The van der Waals surface area contributed by atoms with Gasteiger partial charge in [-0.3, -0.25) is 9.00 Å². The number of alkyl halides is 3. The Balaban J connectivity index is 1.35. The Morgan fingerprint density at radius 1 is 1.19 bits per heavy atom. The number of nitriles is 1. The average molecular weight is 532 g/mol. The number of halogens is 3. The van der Waals surface area contributed by atoms with Crippen molar-refractivity contribution in [2.75, 3.05) is 11.4 Å². The number of carbonyl (C=O) groups is 1. The van der Waals surface area contributed by atoms with Crippen LogP contribution in [0, 0.1) is 11.3 Å². The number of anilines is 1. The van der Waals surface area contributed by atoms with Crippen molar-refractivity contribution in [1.29, 1.82) is 5.26 Å². The molecule has 2 aromatic rings. The van der Waals surface area contributed by atoms with E-state index in [1.54, 1.807) is 0 Å². The fourth-order valence-electron chi connectivity index (χ4n) is 5.31. The smallest absolute Gasteiger partial charge is 0.344 e. The van der Waals surface area contributed by atoms with Crippen LogP contribution in [0.25, 0.3) is 0 Å². The lowest BCUT2D eigenvalue weighted by Crippen LogP contribution is -2.48. The van der Waals surface area contributed by atoms with Gasteiger partial charge in [-0.25, -0.2) is 4.68 Å². The molecule has 1 amide bonds. The number of nitrogens with one attached hydrogen (secondary N) is 1. The van der Waals surface area contributed by atoms with E-state index in [-0.39, 0.29) is 29.8 Å². The van der Waals surface area contributed by atoms with Gasteiger partial charge in [0.25, 0.3) is 0 Å². The number of rotatable bonds is 7. The van der Waals surface area contributed by atoms with Gasteiger partial charge in [0, 0.05) is 18.5 Å². The molecule has 7 nitrogen and oxygen atoms in total. The summed E-state index contributed by atoms with van der Waals surface area (Å²) in [5, 5.41) is 16.6. The minimum atomic E-state index is -4.63. The van der Waals surface area contributed by atoms with E-state index in [4.69, 9.17) is 5.10 Å². The van der Waals surface area contributed by atoms with Crippen LogP contribution >= 0.6 is 0 Å². The molecule has 4 fully saturated rings. The lowest BCUT2D eigenvalue weighted by atomic mass is 9.93. The van der Waals surface area contributed by atoms with Crippen molar-refractivity contribution in [1.82, 2.24) is 15.1 Å². The van der Waals surface area contributed by atoms with Crippen molar-refractivity contribution in [3.8, 4) is 6.07 Å². The van der Waals surface area contributed by atoms with Crippen LogP contribution in [0.2, 0.25) is 0 Å². The maximum absolute atomic E-state index is 13.7. The third-order valence-corrected chi connectivity index (χ3v) is 9.79. The minimum absolute atomic E-state index is 0.126. The van der Waals surface area contributed by atoms with E-state index >= 15 is 0 Å². The average Bonchev–Trinajstić information content (AvgIpc) is 3.75. The van der Waals surface area contributed by atoms with Crippen LogP contribution < -0.4 is 10.2 Å². The Bertz CT molecular complexity index is 1290. The van der Waals surface area contributed by atoms with E-state index in [1.807, 2.05) is 15.6 Å². The van der Waals surface area contributed by atoms with Crippen molar-refractivity contribution < 1.29 is 22.2 Å². The Morgan fingerprint density at radius 2 is 1.92 bits per heavy atom. The topological polar surface area (TPSA) is 91.0 Å². The van der Waals surface area contributed by atoms with Crippen LogP contribution in [0.15, 0.2) is 35.2 Å². The van der Waals surface area contributed by atoms with Crippen molar-refractivity contribution in [2.45, 2.75) is 91.2 Å². The predicted octanol–water partition coefficient (Wildman–Crippen LogP) is 4.43. The molecule has 3 saturated carbocycles. The van der Waals surface area contributed by atoms with Crippen molar-refractivity contribution in [2.24, 2.45) is 0 Å². The van der Waals surface area contributed by atoms with E-state index in [2.05, 4.69) is 11.4 Å². The van der Waals surface area contributed by atoms with Gasteiger partial charge in [0.15, 0.2) is 0 Å². The minimum Gasteiger partial charge on any atom is -0.344 e. The molecule has 1 saturated heterocycles. The summed E-state index contributed by atoms with van der Waals surface area (Å²) in [7, 11) is -1.99. The van der Waals surface area contributed by atoms with E-state index in [9.17, 15) is 27.4 Å². The van der Waals surface area contributed by atoms with Crippen LogP contribution in [-0.2, 0) is 21.8 Å². The molecule has 11 heteroatoms. The van der Waals surface area contributed by atoms with Crippen LogP contribution in [0.4, 0.5) is 19.0 Å². The summed E-state index contributed by atoms with van der Waals surface area (Å²) < 4.78 is 56.7. The second kappa shape index (κ2) is 8.86. The molecule has 4 aliphatic rings. The highest BCUT2D eigenvalue weighted by Gasteiger charge is 2.49. The molecule has 3 atom stereocenters. The van der Waals surface area contributed by atoms with Gasteiger partial charge < -0.3 is 10.2 Å². The van der Waals surface area contributed by atoms with Gasteiger partial charge in [-0.15, -0.1) is 0 Å². The second-order valence-corrected chi connectivity index (χ2v) is 12.4. The zero-order valence-electron chi connectivity index (χ0n) is 20.2. The molecular weight excluding hydrogens is 503 g/mol. The molecule has 1 aliphatic heterocycles. The largest absolute Gasteiger partial charge is 0.417 e. The van der Waals surface area contributed by atoms with E-state index in [0.29, 0.717) is 18.8 Å². The summed E-state index contributed by atoms with van der Waals surface area (Å²) in [6.45, 7) is 0.166. The summed E-state index contributed by atoms with van der Waals surface area (Å²) >= 11 is 0. The second-order valence-electron chi connectivity index (χ2n) is 10.7. The van der Waals surface area contributed by atoms with Crippen LogP contribution in [0.5, 0.6) is 0 Å². The molecule has 0 bridgehead atoms. The number of benzene rings is 1. The third kappa shape index (κ3) is 4.54. The van der Waals surface area contributed by atoms with Gasteiger partial charge in [0.2, 0.25) is 5.91 Å². The number of nitrogens with zero attached hydrogens (tertiary/aromatic N) is 4. The highest BCUT2D eigenvalue weighted by molar-refractivity contribution is 7.85. The molecule has 1 aromatic carbocycles. The molecule has 6 rings (SSSR count). The predicted molar refractivity (Wildman–Crippen MR) is 130 cm³/mol. The summed E-state index contributed by atoms with van der Waals surface area (Å²) in [5.41, 5.74) is -0.815. The Kier molecular flexibility index (Phi) is 5.86. The summed E-state index contributed by atoms with van der Waals surface area (Å²) in [6.07, 6.45) is 1.83. The first-order valence-electron chi connectivity index (χ1n) is 12.9.